The second kappa shape index (κ2) is 6.26. The van der Waals surface area contributed by atoms with Crippen LogP contribution in [0.2, 0.25) is 0 Å². The summed E-state index contributed by atoms with van der Waals surface area (Å²) in [4.78, 5) is 10.8. The van der Waals surface area contributed by atoms with Crippen molar-refractivity contribution in [3.63, 3.8) is 0 Å². The summed E-state index contributed by atoms with van der Waals surface area (Å²) in [6, 6.07) is 0. The summed E-state index contributed by atoms with van der Waals surface area (Å²) >= 11 is 0. The third kappa shape index (κ3) is 4.13. The number of carbonyl (C=O) groups excluding carboxylic acids is 1. The summed E-state index contributed by atoms with van der Waals surface area (Å²) < 4.78 is 4.99. The van der Waals surface area contributed by atoms with Gasteiger partial charge in [0.25, 0.3) is 0 Å². The molecule has 76 valence electrons. The molecule has 1 aliphatic rings. The van der Waals surface area contributed by atoms with Gasteiger partial charge in [-0.05, 0) is 6.42 Å². The van der Waals surface area contributed by atoms with Crippen LogP contribution in [0.3, 0.4) is 0 Å². The smallest absolute Gasteiger partial charge is 0.331 e. The molecule has 1 aliphatic heterocycles. The molecule has 1 atom stereocenters. The summed E-state index contributed by atoms with van der Waals surface area (Å²) in [7, 11) is 0. The van der Waals surface area contributed by atoms with Crippen molar-refractivity contribution >= 4 is 5.97 Å². The Kier molecular flexibility index (Phi) is 4.85. The molecule has 0 fully saturated rings. The molecule has 1 heterocycles. The van der Waals surface area contributed by atoms with Gasteiger partial charge >= 0.3 is 5.97 Å². The molecule has 0 saturated carbocycles. The van der Waals surface area contributed by atoms with Gasteiger partial charge in [0, 0.05) is 18.9 Å². The van der Waals surface area contributed by atoms with Crippen molar-refractivity contribution in [2.24, 2.45) is 0 Å². The SMILES string of the molecule is CCCCCC#C[C@H]1CC=CC(=O)O1. The molecule has 0 N–H and O–H groups in total. The van der Waals surface area contributed by atoms with E-state index in [0.29, 0.717) is 0 Å². The average Bonchev–Trinajstić information content (AvgIpc) is 2.18. The third-order valence-electron chi connectivity index (χ3n) is 2.03. The number of esters is 1. The lowest BCUT2D eigenvalue weighted by molar-refractivity contribution is -0.141. The second-order valence-corrected chi connectivity index (χ2v) is 3.34. The fourth-order valence-electron chi connectivity index (χ4n) is 1.25. The number of carbonyl (C=O) groups is 1. The molecule has 14 heavy (non-hydrogen) atoms. The van der Waals surface area contributed by atoms with E-state index in [1.807, 2.05) is 6.08 Å². The Morgan fingerprint density at radius 2 is 2.43 bits per heavy atom. The maximum absolute atomic E-state index is 10.8. The molecular weight excluding hydrogens is 176 g/mol. The number of rotatable bonds is 3. The van der Waals surface area contributed by atoms with Gasteiger partial charge in [-0.25, -0.2) is 4.79 Å². The van der Waals surface area contributed by atoms with E-state index < -0.39 is 0 Å². The molecule has 0 aromatic carbocycles. The van der Waals surface area contributed by atoms with Crippen molar-refractivity contribution in [1.82, 2.24) is 0 Å². The van der Waals surface area contributed by atoms with Crippen molar-refractivity contribution in [2.45, 2.75) is 45.1 Å². The van der Waals surface area contributed by atoms with Gasteiger partial charge in [-0.1, -0.05) is 37.7 Å². The van der Waals surface area contributed by atoms with Crippen LogP contribution in [0.4, 0.5) is 0 Å². The molecule has 0 saturated heterocycles. The van der Waals surface area contributed by atoms with Gasteiger partial charge in [0.05, 0.1) is 0 Å². The lowest BCUT2D eigenvalue weighted by Gasteiger charge is -2.12. The number of hydrogen-bond donors (Lipinski definition) is 0. The summed E-state index contributed by atoms with van der Waals surface area (Å²) in [5, 5.41) is 0. The Labute approximate surface area is 85.3 Å². The van der Waals surface area contributed by atoms with Crippen molar-refractivity contribution in [2.75, 3.05) is 0 Å². The van der Waals surface area contributed by atoms with E-state index in [-0.39, 0.29) is 12.1 Å². The van der Waals surface area contributed by atoms with E-state index in [1.54, 1.807) is 0 Å². The highest BCUT2D eigenvalue weighted by Gasteiger charge is 2.12. The maximum Gasteiger partial charge on any atom is 0.331 e. The largest absolute Gasteiger partial charge is 0.446 e. The fourth-order valence-corrected chi connectivity index (χ4v) is 1.25. The highest BCUT2D eigenvalue weighted by atomic mass is 16.5. The molecule has 0 aromatic heterocycles. The van der Waals surface area contributed by atoms with Gasteiger partial charge in [0.1, 0.15) is 0 Å². The second-order valence-electron chi connectivity index (χ2n) is 3.34. The van der Waals surface area contributed by atoms with Crippen LogP contribution in [-0.2, 0) is 9.53 Å². The molecule has 0 bridgehead atoms. The summed E-state index contributed by atoms with van der Waals surface area (Å²) in [6.07, 6.45) is 8.26. The van der Waals surface area contributed by atoms with Gasteiger partial charge in [0.2, 0.25) is 0 Å². The zero-order valence-electron chi connectivity index (χ0n) is 8.58. The molecule has 0 amide bonds. The van der Waals surface area contributed by atoms with Crippen LogP contribution in [-0.4, -0.2) is 12.1 Å². The Morgan fingerprint density at radius 3 is 3.14 bits per heavy atom. The van der Waals surface area contributed by atoms with E-state index in [9.17, 15) is 4.79 Å². The van der Waals surface area contributed by atoms with Crippen LogP contribution < -0.4 is 0 Å². The molecule has 0 unspecified atom stereocenters. The molecule has 2 nitrogen and oxygen atoms in total. The monoisotopic (exact) mass is 192 g/mol. The van der Waals surface area contributed by atoms with Gasteiger partial charge in [-0.3, -0.25) is 0 Å². The summed E-state index contributed by atoms with van der Waals surface area (Å²) in [6.45, 7) is 2.17. The van der Waals surface area contributed by atoms with E-state index in [0.717, 1.165) is 19.3 Å². The topological polar surface area (TPSA) is 26.3 Å². The van der Waals surface area contributed by atoms with Crippen molar-refractivity contribution in [3.8, 4) is 11.8 Å². The quantitative estimate of drug-likeness (QED) is 0.390. The first-order valence-corrected chi connectivity index (χ1v) is 5.18. The summed E-state index contributed by atoms with van der Waals surface area (Å²) in [5.74, 6) is 5.74. The number of hydrogen-bond acceptors (Lipinski definition) is 2. The summed E-state index contributed by atoms with van der Waals surface area (Å²) in [5.41, 5.74) is 0. The number of cyclic esters (lactones) is 1. The van der Waals surface area contributed by atoms with Gasteiger partial charge in [-0.15, -0.1) is 0 Å². The molecular formula is C12H16O2. The lowest BCUT2D eigenvalue weighted by atomic mass is 10.1. The van der Waals surface area contributed by atoms with Gasteiger partial charge < -0.3 is 4.74 Å². The average molecular weight is 192 g/mol. The van der Waals surface area contributed by atoms with Crippen LogP contribution in [0.25, 0.3) is 0 Å². The van der Waals surface area contributed by atoms with Crippen molar-refractivity contribution in [3.05, 3.63) is 12.2 Å². The van der Waals surface area contributed by atoms with Crippen LogP contribution in [0.5, 0.6) is 0 Å². The zero-order chi connectivity index (χ0) is 10.2. The normalized spacial score (nSPS) is 19.8. The van der Waals surface area contributed by atoms with Crippen LogP contribution in [0.1, 0.15) is 39.0 Å². The van der Waals surface area contributed by atoms with E-state index in [2.05, 4.69) is 18.8 Å². The molecule has 0 spiro atoms. The molecule has 0 aromatic rings. The van der Waals surface area contributed by atoms with E-state index in [1.165, 1.54) is 18.9 Å². The highest BCUT2D eigenvalue weighted by molar-refractivity contribution is 5.83. The predicted molar refractivity (Wildman–Crippen MR) is 55.6 cm³/mol. The Bertz CT molecular complexity index is 268. The molecule has 2 heteroatoms. The highest BCUT2D eigenvalue weighted by Crippen LogP contribution is 2.06. The zero-order valence-corrected chi connectivity index (χ0v) is 8.58. The van der Waals surface area contributed by atoms with Gasteiger partial charge in [-0.2, -0.15) is 0 Å². The third-order valence-corrected chi connectivity index (χ3v) is 2.03. The van der Waals surface area contributed by atoms with Crippen LogP contribution in [0, 0.1) is 11.8 Å². The standard InChI is InChI=1S/C12H16O2/c1-2-3-4-5-6-8-11-9-7-10-12(13)14-11/h7,10-11H,2-5,9H2,1H3/t11-/m0/s1. The Balaban J connectivity index is 2.22. The minimum absolute atomic E-state index is 0.214. The molecule has 0 radical (unpaired) electrons. The molecule has 1 rings (SSSR count). The van der Waals surface area contributed by atoms with Crippen LogP contribution >= 0.6 is 0 Å². The predicted octanol–water partition coefficient (Wildman–Crippen LogP) is 2.44. The first-order chi connectivity index (χ1) is 6.83. The fraction of sp³-hybridized carbons (Fsp3) is 0.583. The van der Waals surface area contributed by atoms with Crippen molar-refractivity contribution < 1.29 is 9.53 Å². The minimum atomic E-state index is -0.274. The number of unbranched alkanes of at least 4 members (excludes halogenated alkanes) is 3. The maximum atomic E-state index is 10.8. The minimum Gasteiger partial charge on any atom is -0.446 e. The first-order valence-electron chi connectivity index (χ1n) is 5.18. The lowest BCUT2D eigenvalue weighted by Crippen LogP contribution is -2.17. The Hall–Kier alpha value is -1.23. The van der Waals surface area contributed by atoms with Crippen molar-refractivity contribution in [1.29, 1.82) is 0 Å². The van der Waals surface area contributed by atoms with Gasteiger partial charge in [0.15, 0.2) is 6.10 Å². The molecule has 0 aliphatic carbocycles. The van der Waals surface area contributed by atoms with Crippen LogP contribution in [0.15, 0.2) is 12.2 Å². The van der Waals surface area contributed by atoms with E-state index in [4.69, 9.17) is 4.74 Å². The first kappa shape index (κ1) is 10.8. The van der Waals surface area contributed by atoms with E-state index >= 15 is 0 Å². The number of ether oxygens (including phenoxy) is 1. The Morgan fingerprint density at radius 1 is 1.57 bits per heavy atom.